The van der Waals surface area contributed by atoms with Crippen LogP contribution in [0.25, 0.3) is 11.6 Å². The van der Waals surface area contributed by atoms with E-state index in [1.807, 2.05) is 0 Å². The molecule has 1 aliphatic rings. The summed E-state index contributed by atoms with van der Waals surface area (Å²) in [6.45, 7) is 7.11. The molecular weight excluding hydrogens is 254 g/mol. The first kappa shape index (κ1) is 13.1. The monoisotopic (exact) mass is 273 g/mol. The van der Waals surface area contributed by atoms with Crippen molar-refractivity contribution in [1.82, 2.24) is 14.9 Å². The minimum absolute atomic E-state index is 0.0365. The van der Waals surface area contributed by atoms with E-state index in [0.717, 1.165) is 37.3 Å². The van der Waals surface area contributed by atoms with Crippen molar-refractivity contribution >= 4 is 0 Å². The molecule has 2 aromatic rings. The summed E-state index contributed by atoms with van der Waals surface area (Å²) in [4.78, 5) is 21.9. The number of rotatable bonds is 3. The first-order valence-corrected chi connectivity index (χ1v) is 7.02. The lowest BCUT2D eigenvalue weighted by molar-refractivity contribution is 0.222. The SMILES string of the molecule is CC(C)CN1CCc2c(nc(-c3ccco3)[nH]c2=O)C1. The molecular formula is C15H19N3O2. The van der Waals surface area contributed by atoms with Gasteiger partial charge in [0.25, 0.3) is 5.56 Å². The summed E-state index contributed by atoms with van der Waals surface area (Å²) in [7, 11) is 0. The van der Waals surface area contributed by atoms with Gasteiger partial charge in [0.2, 0.25) is 0 Å². The molecule has 0 amide bonds. The number of furan rings is 1. The zero-order valence-corrected chi connectivity index (χ0v) is 11.8. The third kappa shape index (κ3) is 2.54. The lowest BCUT2D eigenvalue weighted by Crippen LogP contribution is -2.37. The van der Waals surface area contributed by atoms with Gasteiger partial charge >= 0.3 is 0 Å². The van der Waals surface area contributed by atoms with Crippen molar-refractivity contribution in [2.24, 2.45) is 5.92 Å². The first-order valence-electron chi connectivity index (χ1n) is 7.02. The average molecular weight is 273 g/mol. The molecule has 0 aliphatic carbocycles. The maximum atomic E-state index is 12.2. The van der Waals surface area contributed by atoms with Crippen molar-refractivity contribution in [2.75, 3.05) is 13.1 Å². The highest BCUT2D eigenvalue weighted by Gasteiger charge is 2.22. The molecule has 0 saturated heterocycles. The molecule has 106 valence electrons. The Morgan fingerprint density at radius 2 is 2.35 bits per heavy atom. The summed E-state index contributed by atoms with van der Waals surface area (Å²) < 4.78 is 5.31. The van der Waals surface area contributed by atoms with Gasteiger partial charge in [-0.1, -0.05) is 13.8 Å². The molecule has 3 heterocycles. The molecule has 5 heteroatoms. The molecule has 2 aromatic heterocycles. The van der Waals surface area contributed by atoms with E-state index in [0.29, 0.717) is 17.5 Å². The molecule has 0 aromatic carbocycles. The Bertz CT molecular complexity index is 644. The molecule has 20 heavy (non-hydrogen) atoms. The predicted octanol–water partition coefficient (Wildman–Crippen LogP) is 2.04. The number of hydrogen-bond donors (Lipinski definition) is 1. The Labute approximate surface area is 117 Å². The number of nitrogens with one attached hydrogen (secondary N) is 1. The standard InChI is InChI=1S/C15H19N3O2/c1-10(2)8-18-6-5-11-12(9-18)16-14(17-15(11)19)13-4-3-7-20-13/h3-4,7,10H,5-6,8-9H2,1-2H3,(H,16,17,19). The van der Waals surface area contributed by atoms with Gasteiger partial charge in [-0.15, -0.1) is 0 Å². The lowest BCUT2D eigenvalue weighted by Gasteiger charge is -2.28. The van der Waals surface area contributed by atoms with E-state index in [4.69, 9.17) is 4.42 Å². The number of nitrogens with zero attached hydrogens (tertiary/aromatic N) is 2. The summed E-state index contributed by atoms with van der Waals surface area (Å²) >= 11 is 0. The second kappa shape index (κ2) is 5.25. The van der Waals surface area contributed by atoms with Crippen LogP contribution in [0.3, 0.4) is 0 Å². The van der Waals surface area contributed by atoms with Crippen LogP contribution in [-0.2, 0) is 13.0 Å². The van der Waals surface area contributed by atoms with Gasteiger partial charge in [-0.3, -0.25) is 9.69 Å². The van der Waals surface area contributed by atoms with Crippen LogP contribution in [0.4, 0.5) is 0 Å². The van der Waals surface area contributed by atoms with Crippen molar-refractivity contribution in [3.8, 4) is 11.6 Å². The van der Waals surface area contributed by atoms with Crippen LogP contribution in [0.1, 0.15) is 25.1 Å². The van der Waals surface area contributed by atoms with Crippen LogP contribution < -0.4 is 5.56 Å². The molecule has 0 spiro atoms. The summed E-state index contributed by atoms with van der Waals surface area (Å²) in [5, 5.41) is 0. The van der Waals surface area contributed by atoms with Gasteiger partial charge in [-0.25, -0.2) is 4.98 Å². The van der Waals surface area contributed by atoms with Crippen LogP contribution in [0, 0.1) is 5.92 Å². The number of aromatic nitrogens is 2. The Kier molecular flexibility index (Phi) is 3.44. The topological polar surface area (TPSA) is 62.1 Å². The van der Waals surface area contributed by atoms with Crippen LogP contribution in [0.2, 0.25) is 0 Å². The van der Waals surface area contributed by atoms with Gasteiger partial charge in [0, 0.05) is 25.2 Å². The maximum absolute atomic E-state index is 12.2. The normalized spacial score (nSPS) is 15.6. The van der Waals surface area contributed by atoms with Crippen molar-refractivity contribution in [1.29, 1.82) is 0 Å². The highest BCUT2D eigenvalue weighted by Crippen LogP contribution is 2.19. The smallest absolute Gasteiger partial charge is 0.254 e. The number of H-pyrrole nitrogens is 1. The van der Waals surface area contributed by atoms with Gasteiger partial charge in [0.05, 0.1) is 12.0 Å². The van der Waals surface area contributed by atoms with Gasteiger partial charge in [-0.2, -0.15) is 0 Å². The summed E-state index contributed by atoms with van der Waals surface area (Å²) in [5.74, 6) is 1.74. The minimum Gasteiger partial charge on any atom is -0.461 e. The third-order valence-electron chi connectivity index (χ3n) is 3.53. The predicted molar refractivity (Wildman–Crippen MR) is 76.4 cm³/mol. The van der Waals surface area contributed by atoms with E-state index in [1.165, 1.54) is 0 Å². The molecule has 1 N–H and O–H groups in total. The number of aromatic amines is 1. The van der Waals surface area contributed by atoms with E-state index in [1.54, 1.807) is 18.4 Å². The molecule has 0 fully saturated rings. The van der Waals surface area contributed by atoms with Crippen LogP contribution >= 0.6 is 0 Å². The number of hydrogen-bond acceptors (Lipinski definition) is 4. The Morgan fingerprint density at radius 3 is 3.05 bits per heavy atom. The van der Waals surface area contributed by atoms with Crippen LogP contribution in [0.5, 0.6) is 0 Å². The van der Waals surface area contributed by atoms with E-state index < -0.39 is 0 Å². The average Bonchev–Trinajstić information content (AvgIpc) is 2.91. The summed E-state index contributed by atoms with van der Waals surface area (Å²) in [6, 6.07) is 3.60. The van der Waals surface area contributed by atoms with Crippen LogP contribution in [-0.4, -0.2) is 28.0 Å². The molecule has 0 atom stereocenters. The van der Waals surface area contributed by atoms with Crippen LogP contribution in [0.15, 0.2) is 27.6 Å². The zero-order chi connectivity index (χ0) is 14.1. The lowest BCUT2D eigenvalue weighted by atomic mass is 10.0. The van der Waals surface area contributed by atoms with Crippen molar-refractivity contribution < 1.29 is 4.42 Å². The maximum Gasteiger partial charge on any atom is 0.254 e. The Hall–Kier alpha value is -1.88. The quantitative estimate of drug-likeness (QED) is 0.929. The second-order valence-electron chi connectivity index (χ2n) is 5.70. The second-order valence-corrected chi connectivity index (χ2v) is 5.70. The van der Waals surface area contributed by atoms with Gasteiger partial charge < -0.3 is 9.40 Å². The van der Waals surface area contributed by atoms with Crippen molar-refractivity contribution in [3.63, 3.8) is 0 Å². The fourth-order valence-corrected chi connectivity index (χ4v) is 2.70. The molecule has 1 aliphatic heterocycles. The molecule has 0 radical (unpaired) electrons. The summed E-state index contributed by atoms with van der Waals surface area (Å²) in [6.07, 6.45) is 2.35. The van der Waals surface area contributed by atoms with E-state index >= 15 is 0 Å². The molecule has 0 unspecified atom stereocenters. The molecule has 3 rings (SSSR count). The van der Waals surface area contributed by atoms with Crippen molar-refractivity contribution in [2.45, 2.75) is 26.8 Å². The number of fused-ring (bicyclic) bond motifs is 1. The molecule has 0 saturated carbocycles. The third-order valence-corrected chi connectivity index (χ3v) is 3.53. The molecule has 5 nitrogen and oxygen atoms in total. The molecule has 0 bridgehead atoms. The van der Waals surface area contributed by atoms with Crippen molar-refractivity contribution in [3.05, 3.63) is 40.0 Å². The van der Waals surface area contributed by atoms with E-state index in [2.05, 4.69) is 28.7 Å². The Balaban J connectivity index is 1.94. The zero-order valence-electron chi connectivity index (χ0n) is 11.8. The summed E-state index contributed by atoms with van der Waals surface area (Å²) in [5.41, 5.74) is 1.66. The fraction of sp³-hybridized carbons (Fsp3) is 0.467. The van der Waals surface area contributed by atoms with Gasteiger partial charge in [0.15, 0.2) is 11.6 Å². The minimum atomic E-state index is -0.0365. The fourth-order valence-electron chi connectivity index (χ4n) is 2.70. The largest absolute Gasteiger partial charge is 0.461 e. The highest BCUT2D eigenvalue weighted by molar-refractivity contribution is 5.46. The van der Waals surface area contributed by atoms with Gasteiger partial charge in [-0.05, 0) is 24.5 Å². The first-order chi connectivity index (χ1) is 9.63. The van der Waals surface area contributed by atoms with E-state index in [-0.39, 0.29) is 5.56 Å². The van der Waals surface area contributed by atoms with E-state index in [9.17, 15) is 4.79 Å². The van der Waals surface area contributed by atoms with Gasteiger partial charge in [0.1, 0.15) is 0 Å². The Morgan fingerprint density at radius 1 is 1.50 bits per heavy atom. The highest BCUT2D eigenvalue weighted by atomic mass is 16.3.